The molecule has 0 spiro atoms. The van der Waals surface area contributed by atoms with Crippen molar-refractivity contribution in [2.45, 2.75) is 6.42 Å². The van der Waals surface area contributed by atoms with E-state index in [1.807, 2.05) is 0 Å². The van der Waals surface area contributed by atoms with Crippen LogP contribution in [0.3, 0.4) is 0 Å². The Morgan fingerprint density at radius 1 is 1.67 bits per heavy atom. The lowest BCUT2D eigenvalue weighted by Crippen LogP contribution is -2.17. The van der Waals surface area contributed by atoms with Crippen molar-refractivity contribution >= 4 is 6.41 Å². The maximum atomic E-state index is 9.96. The lowest BCUT2D eigenvalue weighted by molar-refractivity contribution is 0.435. The van der Waals surface area contributed by atoms with Crippen LogP contribution in [0, 0.1) is 17.2 Å². The van der Waals surface area contributed by atoms with E-state index >= 15 is 0 Å². The molecule has 3 nitrogen and oxygen atoms in total. The molecule has 0 aromatic carbocycles. The molecule has 1 radical (unpaired) electrons. The summed E-state index contributed by atoms with van der Waals surface area (Å²) < 4.78 is 0. The van der Waals surface area contributed by atoms with Gasteiger partial charge in [0.15, 0.2) is 0 Å². The fraction of sp³-hybridized carbons (Fsp3) is 0.667. The smallest absolute Gasteiger partial charge is 0.312 e. The van der Waals surface area contributed by atoms with Crippen molar-refractivity contribution in [1.82, 2.24) is 4.90 Å². The Labute approximate surface area is 53.9 Å². The summed E-state index contributed by atoms with van der Waals surface area (Å²) in [6.45, 7) is 1.27. The molecule has 1 rings (SSSR count). The molecular weight excluding hydrogens is 116 g/mol. The highest BCUT2D eigenvalue weighted by Crippen LogP contribution is 2.12. The molecule has 3 heteroatoms. The SMILES string of the molecule is N#CC1CCN([C]=O)C1. The van der Waals surface area contributed by atoms with E-state index in [0.717, 1.165) is 6.42 Å². The Morgan fingerprint density at radius 3 is 2.78 bits per heavy atom. The van der Waals surface area contributed by atoms with Crippen LogP contribution in [-0.2, 0) is 4.79 Å². The van der Waals surface area contributed by atoms with Crippen LogP contribution < -0.4 is 0 Å². The van der Waals surface area contributed by atoms with Gasteiger partial charge in [-0.25, -0.2) is 0 Å². The van der Waals surface area contributed by atoms with Gasteiger partial charge in [-0.3, -0.25) is 4.79 Å². The van der Waals surface area contributed by atoms with Crippen molar-refractivity contribution < 1.29 is 4.79 Å². The molecule has 1 amide bonds. The van der Waals surface area contributed by atoms with E-state index in [9.17, 15) is 4.79 Å². The molecular formula is C6H7N2O. The summed E-state index contributed by atoms with van der Waals surface area (Å²) in [5.74, 6) is 0.0476. The Morgan fingerprint density at radius 2 is 2.44 bits per heavy atom. The van der Waals surface area contributed by atoms with Crippen LogP contribution in [0.4, 0.5) is 0 Å². The molecule has 0 N–H and O–H groups in total. The van der Waals surface area contributed by atoms with Crippen LogP contribution >= 0.6 is 0 Å². The van der Waals surface area contributed by atoms with Crippen molar-refractivity contribution in [3.05, 3.63) is 0 Å². The van der Waals surface area contributed by atoms with Gasteiger partial charge in [0.25, 0.3) is 0 Å². The van der Waals surface area contributed by atoms with E-state index in [4.69, 9.17) is 5.26 Å². The topological polar surface area (TPSA) is 44.1 Å². The standard InChI is InChI=1S/C6H7N2O/c7-3-6-1-2-8(4-6)5-9/h6H,1-2,4H2. The molecule has 0 aromatic heterocycles. The molecule has 47 valence electrons. The monoisotopic (exact) mass is 123 g/mol. The molecule has 1 saturated heterocycles. The van der Waals surface area contributed by atoms with E-state index in [1.54, 1.807) is 6.41 Å². The van der Waals surface area contributed by atoms with Gasteiger partial charge in [0.2, 0.25) is 0 Å². The third kappa shape index (κ3) is 1.20. The van der Waals surface area contributed by atoms with Gasteiger partial charge in [0, 0.05) is 13.1 Å². The quantitative estimate of drug-likeness (QED) is 0.488. The van der Waals surface area contributed by atoms with Crippen LogP contribution in [0.5, 0.6) is 0 Å². The number of nitrogens with zero attached hydrogens (tertiary/aromatic N) is 2. The number of carbonyl (C=O) groups excluding carboxylic acids is 1. The van der Waals surface area contributed by atoms with Crippen LogP contribution in [0.25, 0.3) is 0 Å². The zero-order chi connectivity index (χ0) is 6.69. The first-order valence-corrected chi connectivity index (χ1v) is 2.89. The molecule has 1 aliphatic rings. The second-order valence-electron chi connectivity index (χ2n) is 2.15. The van der Waals surface area contributed by atoms with Gasteiger partial charge in [-0.15, -0.1) is 0 Å². The molecule has 1 atom stereocenters. The predicted molar refractivity (Wildman–Crippen MR) is 31.0 cm³/mol. The minimum absolute atomic E-state index is 0.0476. The summed E-state index contributed by atoms with van der Waals surface area (Å²) in [5.41, 5.74) is 0. The summed E-state index contributed by atoms with van der Waals surface area (Å²) in [6, 6.07) is 2.11. The third-order valence-corrected chi connectivity index (χ3v) is 1.50. The minimum Gasteiger partial charge on any atom is -0.333 e. The highest BCUT2D eigenvalue weighted by molar-refractivity contribution is 5.48. The van der Waals surface area contributed by atoms with Crippen LogP contribution in [0.15, 0.2) is 0 Å². The van der Waals surface area contributed by atoms with Crippen LogP contribution in [-0.4, -0.2) is 24.4 Å². The number of hydrogen-bond donors (Lipinski definition) is 0. The number of hydrogen-bond acceptors (Lipinski definition) is 2. The fourth-order valence-corrected chi connectivity index (χ4v) is 0.949. The zero-order valence-electron chi connectivity index (χ0n) is 5.00. The third-order valence-electron chi connectivity index (χ3n) is 1.50. The number of likely N-dealkylation sites (tertiary alicyclic amines) is 1. The maximum Gasteiger partial charge on any atom is 0.312 e. The largest absolute Gasteiger partial charge is 0.333 e. The van der Waals surface area contributed by atoms with Crippen LogP contribution in [0.2, 0.25) is 0 Å². The molecule has 9 heavy (non-hydrogen) atoms. The summed E-state index contributed by atoms with van der Waals surface area (Å²) in [6.07, 6.45) is 2.57. The summed E-state index contributed by atoms with van der Waals surface area (Å²) >= 11 is 0. The van der Waals surface area contributed by atoms with Gasteiger partial charge < -0.3 is 4.90 Å². The Bertz CT molecular complexity index is 150. The van der Waals surface area contributed by atoms with Crippen molar-refractivity contribution in [3.63, 3.8) is 0 Å². The lowest BCUT2D eigenvalue weighted by atomic mass is 10.1. The number of nitriles is 1. The Balaban J connectivity index is 2.39. The molecule has 1 aliphatic heterocycles. The van der Waals surface area contributed by atoms with E-state index in [0.29, 0.717) is 13.1 Å². The summed E-state index contributed by atoms with van der Waals surface area (Å²) in [5, 5.41) is 8.37. The van der Waals surface area contributed by atoms with Crippen molar-refractivity contribution in [2.75, 3.05) is 13.1 Å². The van der Waals surface area contributed by atoms with Gasteiger partial charge in [-0.05, 0) is 6.42 Å². The average molecular weight is 123 g/mol. The van der Waals surface area contributed by atoms with Gasteiger partial charge in [-0.1, -0.05) is 0 Å². The molecule has 0 aromatic rings. The number of amides is 1. The second kappa shape index (κ2) is 2.49. The van der Waals surface area contributed by atoms with E-state index in [-0.39, 0.29) is 5.92 Å². The Hall–Kier alpha value is -1.04. The molecule has 1 heterocycles. The first kappa shape index (κ1) is 6.09. The summed E-state index contributed by atoms with van der Waals surface area (Å²) in [4.78, 5) is 11.5. The molecule has 0 aliphatic carbocycles. The average Bonchev–Trinajstić information content (AvgIpc) is 2.34. The van der Waals surface area contributed by atoms with Gasteiger partial charge in [0.05, 0.1) is 12.0 Å². The Kier molecular flexibility index (Phi) is 1.69. The van der Waals surface area contributed by atoms with Gasteiger partial charge in [-0.2, -0.15) is 5.26 Å². The molecule has 1 unspecified atom stereocenters. The van der Waals surface area contributed by atoms with Crippen molar-refractivity contribution in [3.8, 4) is 6.07 Å². The van der Waals surface area contributed by atoms with E-state index in [1.165, 1.54) is 4.90 Å². The van der Waals surface area contributed by atoms with Crippen LogP contribution in [0.1, 0.15) is 6.42 Å². The zero-order valence-corrected chi connectivity index (χ0v) is 5.00. The number of rotatable bonds is 1. The maximum absolute atomic E-state index is 9.96. The fourth-order valence-electron chi connectivity index (χ4n) is 0.949. The van der Waals surface area contributed by atoms with E-state index in [2.05, 4.69) is 6.07 Å². The van der Waals surface area contributed by atoms with Gasteiger partial charge in [0.1, 0.15) is 0 Å². The highest BCUT2D eigenvalue weighted by atomic mass is 16.1. The minimum atomic E-state index is 0.0476. The van der Waals surface area contributed by atoms with Crippen molar-refractivity contribution in [2.24, 2.45) is 5.92 Å². The molecule has 0 saturated carbocycles. The van der Waals surface area contributed by atoms with E-state index < -0.39 is 0 Å². The first-order chi connectivity index (χ1) is 4.36. The first-order valence-electron chi connectivity index (χ1n) is 2.89. The van der Waals surface area contributed by atoms with Gasteiger partial charge >= 0.3 is 6.41 Å². The molecule has 0 bridgehead atoms. The summed E-state index contributed by atoms with van der Waals surface area (Å²) in [7, 11) is 0. The lowest BCUT2D eigenvalue weighted by Gasteiger charge is -2.02. The second-order valence-corrected chi connectivity index (χ2v) is 2.15. The highest BCUT2D eigenvalue weighted by Gasteiger charge is 2.20. The molecule has 1 fully saturated rings. The van der Waals surface area contributed by atoms with Crippen molar-refractivity contribution in [1.29, 1.82) is 5.26 Å². The normalized spacial score (nSPS) is 25.7. The predicted octanol–water partition coefficient (Wildman–Crippen LogP) is -0.101.